The Morgan fingerprint density at radius 3 is 2.58 bits per heavy atom. The number of Topliss-reactive ketones (excluding diaryl/α,β-unsaturated/α-hetero) is 1. The second kappa shape index (κ2) is 7.62. The third kappa shape index (κ3) is 3.78. The van der Waals surface area contributed by atoms with Crippen molar-refractivity contribution in [2.75, 3.05) is 51.2 Å². The molecule has 0 aliphatic carbocycles. The van der Waals surface area contributed by atoms with Gasteiger partial charge in [0.15, 0.2) is 5.78 Å². The maximum absolute atomic E-state index is 14.0. The summed E-state index contributed by atoms with van der Waals surface area (Å²) in [5.74, 6) is -0.611. The van der Waals surface area contributed by atoms with Crippen LogP contribution in [0.15, 0.2) is 18.2 Å². The highest BCUT2D eigenvalue weighted by Gasteiger charge is 2.26. The van der Waals surface area contributed by atoms with Crippen molar-refractivity contribution < 1.29 is 9.18 Å². The lowest BCUT2D eigenvalue weighted by atomic mass is 10.0. The molecule has 0 aromatic heterocycles. The molecule has 2 heterocycles. The van der Waals surface area contributed by atoms with Crippen molar-refractivity contribution >= 4 is 11.5 Å². The molecule has 2 fully saturated rings. The lowest BCUT2D eigenvalue weighted by Crippen LogP contribution is -2.52. The monoisotopic (exact) mass is 333 g/mol. The molecule has 3 rings (SSSR count). The fourth-order valence-corrected chi connectivity index (χ4v) is 3.97. The van der Waals surface area contributed by atoms with Crippen molar-refractivity contribution in [3.05, 3.63) is 29.6 Å². The number of piperidine rings is 1. The van der Waals surface area contributed by atoms with Crippen LogP contribution in [0.2, 0.25) is 0 Å². The molecule has 2 aliphatic heterocycles. The number of ketones is 1. The van der Waals surface area contributed by atoms with Gasteiger partial charge in [0.1, 0.15) is 5.82 Å². The first kappa shape index (κ1) is 17.4. The van der Waals surface area contributed by atoms with Crippen LogP contribution in [0, 0.1) is 5.82 Å². The van der Waals surface area contributed by atoms with E-state index in [1.54, 1.807) is 6.07 Å². The predicted molar refractivity (Wildman–Crippen MR) is 95.3 cm³/mol. The number of hydrogen-bond acceptors (Lipinski definition) is 4. The topological polar surface area (TPSA) is 26.8 Å². The van der Waals surface area contributed by atoms with Gasteiger partial charge in [-0.1, -0.05) is 12.5 Å². The van der Waals surface area contributed by atoms with Crippen molar-refractivity contribution in [3.63, 3.8) is 0 Å². The zero-order chi connectivity index (χ0) is 17.1. The predicted octanol–water partition coefficient (Wildman–Crippen LogP) is 2.63. The molecule has 2 aliphatic rings. The van der Waals surface area contributed by atoms with Gasteiger partial charge >= 0.3 is 0 Å². The molecule has 24 heavy (non-hydrogen) atoms. The van der Waals surface area contributed by atoms with Gasteiger partial charge in [0.2, 0.25) is 0 Å². The van der Waals surface area contributed by atoms with Crippen LogP contribution in [0.25, 0.3) is 0 Å². The highest BCUT2D eigenvalue weighted by molar-refractivity contribution is 6.00. The first-order valence-corrected chi connectivity index (χ1v) is 9.03. The molecule has 0 saturated carbocycles. The summed E-state index contributed by atoms with van der Waals surface area (Å²) in [4.78, 5) is 19.0. The number of likely N-dealkylation sites (N-methyl/N-ethyl adjacent to an activating group) is 1. The number of nitrogens with zero attached hydrogens (tertiary/aromatic N) is 3. The minimum atomic E-state index is -0.411. The van der Waals surface area contributed by atoms with Gasteiger partial charge in [-0.2, -0.15) is 0 Å². The third-order valence-corrected chi connectivity index (χ3v) is 5.45. The zero-order valence-corrected chi connectivity index (χ0v) is 14.8. The van der Waals surface area contributed by atoms with Gasteiger partial charge in [-0.15, -0.1) is 0 Å². The van der Waals surface area contributed by atoms with Gasteiger partial charge in [-0.05, 0) is 45.5 Å². The Bertz CT molecular complexity index is 584. The summed E-state index contributed by atoms with van der Waals surface area (Å²) in [5.41, 5.74) is 0.981. The van der Waals surface area contributed by atoms with Crippen molar-refractivity contribution in [2.45, 2.75) is 32.2 Å². The fraction of sp³-hybridized carbons (Fsp3) is 0.632. The summed E-state index contributed by atoms with van der Waals surface area (Å²) in [7, 11) is 2.23. The van der Waals surface area contributed by atoms with Crippen LogP contribution in [0.3, 0.4) is 0 Å². The summed E-state index contributed by atoms with van der Waals surface area (Å²) in [6.45, 7) is 7.40. The van der Waals surface area contributed by atoms with Crippen molar-refractivity contribution in [1.82, 2.24) is 9.80 Å². The van der Waals surface area contributed by atoms with Crippen LogP contribution < -0.4 is 4.90 Å². The van der Waals surface area contributed by atoms with E-state index in [-0.39, 0.29) is 11.3 Å². The summed E-state index contributed by atoms with van der Waals surface area (Å²) < 4.78 is 14.0. The van der Waals surface area contributed by atoms with Gasteiger partial charge in [0.05, 0.1) is 11.3 Å². The molecule has 1 atom stereocenters. The molecule has 1 aromatic carbocycles. The Kier molecular flexibility index (Phi) is 5.51. The van der Waals surface area contributed by atoms with E-state index in [0.717, 1.165) is 38.4 Å². The zero-order valence-electron chi connectivity index (χ0n) is 14.8. The second-order valence-corrected chi connectivity index (χ2v) is 7.11. The van der Waals surface area contributed by atoms with E-state index in [0.29, 0.717) is 6.04 Å². The van der Waals surface area contributed by atoms with Gasteiger partial charge in [0, 0.05) is 38.8 Å². The van der Waals surface area contributed by atoms with Crippen molar-refractivity contribution in [1.29, 1.82) is 0 Å². The SMILES string of the molecule is CC(=O)c1c(F)cccc1N1CCN(C[C@@H]2CCCCN2C)CC1. The number of carbonyl (C=O) groups is 1. The second-order valence-electron chi connectivity index (χ2n) is 7.11. The summed E-state index contributed by atoms with van der Waals surface area (Å²) in [6.07, 6.45) is 3.93. The van der Waals surface area contributed by atoms with Crippen LogP contribution in [0.5, 0.6) is 0 Å². The molecule has 2 saturated heterocycles. The van der Waals surface area contributed by atoms with Gasteiger partial charge < -0.3 is 9.80 Å². The molecule has 5 heteroatoms. The number of rotatable bonds is 4. The first-order chi connectivity index (χ1) is 11.6. The molecule has 4 nitrogen and oxygen atoms in total. The molecule has 0 amide bonds. The standard InChI is InChI=1S/C19H28FN3O/c1-15(24)19-17(20)7-5-8-18(19)23-12-10-22(11-13-23)14-16-6-3-4-9-21(16)2/h5,7-8,16H,3-4,6,9-14H2,1-2H3/t16-/m0/s1. The Balaban J connectivity index is 1.61. The van der Waals surface area contributed by atoms with Crippen LogP contribution in [-0.2, 0) is 0 Å². The quantitative estimate of drug-likeness (QED) is 0.792. The lowest BCUT2D eigenvalue weighted by molar-refractivity contribution is 0.101. The maximum atomic E-state index is 14.0. The average molecular weight is 333 g/mol. The number of piperazine rings is 1. The summed E-state index contributed by atoms with van der Waals surface area (Å²) >= 11 is 0. The normalized spacial score (nSPS) is 23.5. The van der Waals surface area contributed by atoms with Crippen LogP contribution in [-0.4, -0.2) is 67.9 Å². The van der Waals surface area contributed by atoms with E-state index in [4.69, 9.17) is 0 Å². The molecule has 0 unspecified atom stereocenters. The number of carbonyl (C=O) groups excluding carboxylic acids is 1. The molecule has 1 aromatic rings. The molecule has 132 valence electrons. The Morgan fingerprint density at radius 1 is 1.17 bits per heavy atom. The Hall–Kier alpha value is -1.46. The van der Waals surface area contributed by atoms with E-state index in [9.17, 15) is 9.18 Å². The molecular formula is C19H28FN3O. The Morgan fingerprint density at radius 2 is 1.92 bits per heavy atom. The van der Waals surface area contributed by atoms with E-state index < -0.39 is 5.82 Å². The highest BCUT2D eigenvalue weighted by atomic mass is 19.1. The smallest absolute Gasteiger partial charge is 0.164 e. The van der Waals surface area contributed by atoms with Gasteiger partial charge in [-0.3, -0.25) is 9.69 Å². The molecule has 0 N–H and O–H groups in total. The fourth-order valence-electron chi connectivity index (χ4n) is 3.97. The summed E-state index contributed by atoms with van der Waals surface area (Å²) in [6, 6.07) is 5.59. The molecular weight excluding hydrogens is 305 g/mol. The first-order valence-electron chi connectivity index (χ1n) is 9.03. The minimum Gasteiger partial charge on any atom is -0.368 e. The average Bonchev–Trinajstić information content (AvgIpc) is 2.57. The van der Waals surface area contributed by atoms with Crippen molar-refractivity contribution in [2.24, 2.45) is 0 Å². The van der Waals surface area contributed by atoms with Crippen molar-refractivity contribution in [3.8, 4) is 0 Å². The molecule has 0 bridgehead atoms. The molecule has 0 radical (unpaired) electrons. The highest BCUT2D eigenvalue weighted by Crippen LogP contribution is 2.25. The molecule has 0 spiro atoms. The van der Waals surface area contributed by atoms with E-state index >= 15 is 0 Å². The van der Waals surface area contributed by atoms with E-state index in [2.05, 4.69) is 21.7 Å². The number of halogens is 1. The Labute approximate surface area is 144 Å². The van der Waals surface area contributed by atoms with Crippen LogP contribution >= 0.6 is 0 Å². The maximum Gasteiger partial charge on any atom is 0.164 e. The number of anilines is 1. The largest absolute Gasteiger partial charge is 0.368 e. The number of hydrogen-bond donors (Lipinski definition) is 0. The minimum absolute atomic E-state index is 0.200. The van der Waals surface area contributed by atoms with E-state index in [1.165, 1.54) is 38.8 Å². The summed E-state index contributed by atoms with van der Waals surface area (Å²) in [5, 5.41) is 0. The van der Waals surface area contributed by atoms with Gasteiger partial charge in [-0.25, -0.2) is 4.39 Å². The number of likely N-dealkylation sites (tertiary alicyclic amines) is 1. The van der Waals surface area contributed by atoms with Crippen LogP contribution in [0.1, 0.15) is 36.5 Å². The van der Waals surface area contributed by atoms with Crippen LogP contribution in [0.4, 0.5) is 10.1 Å². The number of benzene rings is 1. The van der Waals surface area contributed by atoms with Gasteiger partial charge in [0.25, 0.3) is 0 Å². The third-order valence-electron chi connectivity index (χ3n) is 5.45. The van der Waals surface area contributed by atoms with E-state index in [1.807, 2.05) is 6.07 Å². The lowest BCUT2D eigenvalue weighted by Gasteiger charge is -2.41.